The van der Waals surface area contributed by atoms with Crippen molar-refractivity contribution in [2.45, 2.75) is 64.1 Å². The van der Waals surface area contributed by atoms with Crippen molar-refractivity contribution in [3.05, 3.63) is 87.9 Å². The Hall–Kier alpha value is -3.27. The summed E-state index contributed by atoms with van der Waals surface area (Å²) in [5.41, 5.74) is 1.69. The summed E-state index contributed by atoms with van der Waals surface area (Å²) in [4.78, 5) is 28.9. The van der Waals surface area contributed by atoms with Gasteiger partial charge >= 0.3 is 0 Å². The first-order chi connectivity index (χ1) is 19.9. The summed E-state index contributed by atoms with van der Waals surface area (Å²) in [6.07, 6.45) is 0.986. The molecule has 3 aromatic rings. The number of benzene rings is 3. The van der Waals surface area contributed by atoms with E-state index in [1.165, 1.54) is 24.1 Å². The minimum atomic E-state index is -4.21. The molecular weight excluding hydrogens is 597 g/mol. The topological polar surface area (TPSA) is 96.0 Å². The minimum Gasteiger partial charge on any atom is -0.497 e. The van der Waals surface area contributed by atoms with Gasteiger partial charge in [-0.25, -0.2) is 8.42 Å². The number of carbonyl (C=O) groups is 2. The van der Waals surface area contributed by atoms with Gasteiger partial charge in [0.1, 0.15) is 18.3 Å². The fourth-order valence-electron chi connectivity index (χ4n) is 4.33. The highest BCUT2D eigenvalue weighted by Crippen LogP contribution is 2.29. The molecule has 0 heterocycles. The van der Waals surface area contributed by atoms with E-state index in [1.54, 1.807) is 61.5 Å². The first-order valence-corrected chi connectivity index (χ1v) is 15.9. The maximum Gasteiger partial charge on any atom is 0.264 e. The van der Waals surface area contributed by atoms with E-state index in [9.17, 15) is 18.0 Å². The molecule has 42 heavy (non-hydrogen) atoms. The monoisotopic (exact) mass is 633 g/mol. The lowest BCUT2D eigenvalue weighted by molar-refractivity contribution is -0.140. The summed E-state index contributed by atoms with van der Waals surface area (Å²) in [7, 11) is -2.72. The van der Waals surface area contributed by atoms with Crippen molar-refractivity contribution in [1.82, 2.24) is 10.2 Å². The molecule has 0 aliphatic carbocycles. The van der Waals surface area contributed by atoms with Gasteiger partial charge in [0.25, 0.3) is 10.0 Å². The third kappa shape index (κ3) is 7.96. The highest BCUT2D eigenvalue weighted by atomic mass is 35.5. The summed E-state index contributed by atoms with van der Waals surface area (Å²) in [6, 6.07) is 16.7. The zero-order valence-corrected chi connectivity index (χ0v) is 26.8. The Morgan fingerprint density at radius 1 is 0.929 bits per heavy atom. The van der Waals surface area contributed by atoms with Gasteiger partial charge in [0, 0.05) is 28.2 Å². The van der Waals surface area contributed by atoms with Crippen molar-refractivity contribution < 1.29 is 22.7 Å². The van der Waals surface area contributed by atoms with E-state index >= 15 is 0 Å². The minimum absolute atomic E-state index is 0.0149. The Balaban J connectivity index is 2.09. The number of halogens is 2. The first kappa shape index (κ1) is 33.2. The van der Waals surface area contributed by atoms with E-state index in [2.05, 4.69) is 5.32 Å². The predicted molar refractivity (Wildman–Crippen MR) is 168 cm³/mol. The summed E-state index contributed by atoms with van der Waals surface area (Å²) in [5.74, 6) is -0.439. The maximum absolute atomic E-state index is 14.2. The van der Waals surface area contributed by atoms with Gasteiger partial charge in [0.2, 0.25) is 11.8 Å². The molecule has 0 radical (unpaired) electrons. The van der Waals surface area contributed by atoms with Crippen LogP contribution in [-0.2, 0) is 26.2 Å². The number of carbonyl (C=O) groups excluding carboxylic acids is 2. The van der Waals surface area contributed by atoms with Crippen LogP contribution in [0.25, 0.3) is 0 Å². The van der Waals surface area contributed by atoms with Crippen LogP contribution in [0.15, 0.2) is 71.6 Å². The number of aryl methyl sites for hydroxylation is 1. The zero-order chi connectivity index (χ0) is 31.0. The summed E-state index contributed by atoms with van der Waals surface area (Å²) < 4.78 is 34.2. The number of nitrogens with zero attached hydrogens (tertiary/aromatic N) is 2. The standard InChI is InChI=1S/C31H37Cl2N3O5S/c1-6-22(4)34-31(38)29(7-2)35(19-26-27(32)9-8-10-28(26)33)30(37)20-36(23-13-11-21(3)12-14-23)42(39,40)25-17-15-24(41-5)16-18-25/h8-18,22,29H,6-7,19-20H2,1-5H3,(H,34,38)/t22-,29+/m1/s1. The Bertz CT molecular complexity index is 1460. The SMILES string of the molecule is CC[C@@H](C)NC(=O)[C@H](CC)N(Cc1c(Cl)cccc1Cl)C(=O)CN(c1ccc(C)cc1)S(=O)(=O)c1ccc(OC)cc1. The number of sulfonamides is 1. The molecule has 0 spiro atoms. The molecule has 0 unspecified atom stereocenters. The second-order valence-corrected chi connectivity index (χ2v) is 12.7. The number of ether oxygens (including phenoxy) is 1. The highest BCUT2D eigenvalue weighted by molar-refractivity contribution is 7.92. The lowest BCUT2D eigenvalue weighted by Gasteiger charge is -2.34. The van der Waals surface area contributed by atoms with Crippen LogP contribution in [0.4, 0.5) is 5.69 Å². The van der Waals surface area contributed by atoms with Crippen LogP contribution in [0.3, 0.4) is 0 Å². The summed E-state index contributed by atoms with van der Waals surface area (Å²) in [5, 5.41) is 3.61. The molecule has 2 atom stereocenters. The van der Waals surface area contributed by atoms with Crippen LogP contribution in [-0.4, -0.2) is 50.9 Å². The average Bonchev–Trinajstić information content (AvgIpc) is 2.97. The van der Waals surface area contributed by atoms with Gasteiger partial charge in [-0.05, 0) is 75.2 Å². The van der Waals surface area contributed by atoms with Crippen LogP contribution >= 0.6 is 23.2 Å². The number of hydrogen-bond donors (Lipinski definition) is 1. The summed E-state index contributed by atoms with van der Waals surface area (Å²) >= 11 is 12.9. The van der Waals surface area contributed by atoms with Crippen molar-refractivity contribution >= 4 is 50.7 Å². The molecule has 0 fully saturated rings. The van der Waals surface area contributed by atoms with E-state index in [0.29, 0.717) is 33.5 Å². The van der Waals surface area contributed by atoms with E-state index in [1.807, 2.05) is 20.8 Å². The molecule has 11 heteroatoms. The van der Waals surface area contributed by atoms with Gasteiger partial charge in [-0.15, -0.1) is 0 Å². The summed E-state index contributed by atoms with van der Waals surface area (Å²) in [6.45, 7) is 6.85. The smallest absolute Gasteiger partial charge is 0.264 e. The molecule has 0 aliphatic heterocycles. The lowest BCUT2D eigenvalue weighted by Crippen LogP contribution is -2.53. The molecule has 8 nitrogen and oxygen atoms in total. The van der Waals surface area contributed by atoms with E-state index < -0.39 is 28.5 Å². The number of nitrogens with one attached hydrogen (secondary N) is 1. The second kappa shape index (κ2) is 14.8. The second-order valence-electron chi connectivity index (χ2n) is 9.99. The van der Waals surface area contributed by atoms with Gasteiger partial charge in [0.05, 0.1) is 17.7 Å². The van der Waals surface area contributed by atoms with Gasteiger partial charge in [-0.3, -0.25) is 13.9 Å². The molecular formula is C31H37Cl2N3O5S. The number of anilines is 1. The largest absolute Gasteiger partial charge is 0.497 e. The van der Waals surface area contributed by atoms with E-state index in [0.717, 1.165) is 9.87 Å². The Morgan fingerprint density at radius 3 is 2.05 bits per heavy atom. The normalized spacial score (nSPS) is 12.7. The number of hydrogen-bond acceptors (Lipinski definition) is 5. The van der Waals surface area contributed by atoms with Crippen molar-refractivity contribution in [2.75, 3.05) is 18.0 Å². The molecule has 0 saturated heterocycles. The molecule has 3 aromatic carbocycles. The highest BCUT2D eigenvalue weighted by Gasteiger charge is 2.34. The number of amides is 2. The maximum atomic E-state index is 14.2. The van der Waals surface area contributed by atoms with Crippen molar-refractivity contribution in [3.63, 3.8) is 0 Å². The molecule has 0 saturated carbocycles. The van der Waals surface area contributed by atoms with Crippen LogP contribution in [0.1, 0.15) is 44.7 Å². The van der Waals surface area contributed by atoms with Crippen molar-refractivity contribution in [1.29, 1.82) is 0 Å². The Morgan fingerprint density at radius 2 is 1.52 bits per heavy atom. The molecule has 0 aliphatic rings. The molecule has 2 amide bonds. The quantitative estimate of drug-likeness (QED) is 0.241. The molecule has 226 valence electrons. The van der Waals surface area contributed by atoms with Crippen molar-refractivity contribution in [2.24, 2.45) is 0 Å². The third-order valence-electron chi connectivity index (χ3n) is 7.03. The molecule has 0 bridgehead atoms. The zero-order valence-electron chi connectivity index (χ0n) is 24.4. The van der Waals surface area contributed by atoms with Gasteiger partial charge in [0.15, 0.2) is 0 Å². The number of methoxy groups -OCH3 is 1. The fourth-order valence-corrected chi connectivity index (χ4v) is 6.26. The number of rotatable bonds is 13. The van der Waals surface area contributed by atoms with Gasteiger partial charge in [-0.2, -0.15) is 0 Å². The molecule has 0 aromatic heterocycles. The van der Waals surface area contributed by atoms with E-state index in [-0.39, 0.29) is 29.8 Å². The third-order valence-corrected chi connectivity index (χ3v) is 9.52. The van der Waals surface area contributed by atoms with Crippen LogP contribution < -0.4 is 14.4 Å². The van der Waals surface area contributed by atoms with Gasteiger partial charge in [-0.1, -0.05) is 60.8 Å². The first-order valence-electron chi connectivity index (χ1n) is 13.7. The van der Waals surface area contributed by atoms with Crippen LogP contribution in [0.5, 0.6) is 5.75 Å². The lowest BCUT2D eigenvalue weighted by atomic mass is 10.1. The van der Waals surface area contributed by atoms with Crippen molar-refractivity contribution in [3.8, 4) is 5.75 Å². The molecule has 1 N–H and O–H groups in total. The fraction of sp³-hybridized carbons (Fsp3) is 0.355. The van der Waals surface area contributed by atoms with Crippen LogP contribution in [0.2, 0.25) is 10.0 Å². The van der Waals surface area contributed by atoms with Crippen LogP contribution in [0, 0.1) is 6.92 Å². The Labute approximate surface area is 258 Å². The predicted octanol–water partition coefficient (Wildman–Crippen LogP) is 6.23. The molecule has 3 rings (SSSR count). The van der Waals surface area contributed by atoms with Gasteiger partial charge < -0.3 is 15.0 Å². The average molecular weight is 635 g/mol. The van der Waals surface area contributed by atoms with E-state index in [4.69, 9.17) is 27.9 Å². The Kier molecular flexibility index (Phi) is 11.7.